The van der Waals surface area contributed by atoms with Crippen molar-refractivity contribution in [3.63, 3.8) is 0 Å². The van der Waals surface area contributed by atoms with Crippen molar-refractivity contribution >= 4 is 17.6 Å². The molecule has 2 aromatic rings. The number of ether oxygens (including phenoxy) is 1. The van der Waals surface area contributed by atoms with Crippen molar-refractivity contribution in [2.24, 2.45) is 0 Å². The monoisotopic (exact) mass is 322 g/mol. The molecule has 0 saturated heterocycles. The highest BCUT2D eigenvalue weighted by Crippen LogP contribution is 2.22. The van der Waals surface area contributed by atoms with Crippen molar-refractivity contribution in [1.29, 1.82) is 5.26 Å². The second kappa shape index (κ2) is 7.09. The number of hydrogen-bond acceptors (Lipinski definition) is 5. The van der Waals surface area contributed by atoms with E-state index >= 15 is 0 Å². The van der Waals surface area contributed by atoms with Crippen LogP contribution >= 0.6 is 0 Å². The number of aromatic nitrogens is 3. The first-order valence-corrected chi connectivity index (χ1v) is 8.00. The van der Waals surface area contributed by atoms with E-state index in [1.54, 1.807) is 30.3 Å². The van der Waals surface area contributed by atoms with Gasteiger partial charge in [-0.3, -0.25) is 4.79 Å². The molecule has 1 aromatic carbocycles. The first-order valence-electron chi connectivity index (χ1n) is 8.00. The molecule has 0 atom stereocenters. The van der Waals surface area contributed by atoms with Gasteiger partial charge in [-0.2, -0.15) is 5.26 Å². The van der Waals surface area contributed by atoms with Gasteiger partial charge in [0.2, 0.25) is 0 Å². The van der Waals surface area contributed by atoms with Gasteiger partial charge in [0, 0.05) is 19.9 Å². The molecule has 0 amide bonds. The summed E-state index contributed by atoms with van der Waals surface area (Å²) in [6, 6.07) is 9.23. The maximum Gasteiger partial charge on any atom is 0.308 e. The Morgan fingerprint density at radius 1 is 1.25 bits per heavy atom. The lowest BCUT2D eigenvalue weighted by Gasteiger charge is -2.06. The van der Waals surface area contributed by atoms with Crippen LogP contribution in [0.25, 0.3) is 11.6 Å². The number of hydrogen-bond donors (Lipinski definition) is 0. The van der Waals surface area contributed by atoms with Crippen LogP contribution in [0, 0.1) is 11.3 Å². The summed E-state index contributed by atoms with van der Waals surface area (Å²) >= 11 is 0. The second-order valence-electron chi connectivity index (χ2n) is 5.73. The van der Waals surface area contributed by atoms with Crippen LogP contribution in [0.1, 0.15) is 43.4 Å². The van der Waals surface area contributed by atoms with Crippen molar-refractivity contribution in [3.05, 3.63) is 41.5 Å². The zero-order valence-electron chi connectivity index (χ0n) is 13.5. The maximum atomic E-state index is 10.9. The number of benzene rings is 1. The van der Waals surface area contributed by atoms with E-state index in [0.29, 0.717) is 17.1 Å². The molecule has 2 heterocycles. The number of carbonyl (C=O) groups excluding carboxylic acids is 1. The molecule has 1 aromatic heterocycles. The molecule has 6 nitrogen and oxygen atoms in total. The fourth-order valence-electron chi connectivity index (χ4n) is 2.80. The molecule has 6 heteroatoms. The van der Waals surface area contributed by atoms with Crippen LogP contribution in [0.4, 0.5) is 0 Å². The number of rotatable bonds is 3. The van der Waals surface area contributed by atoms with E-state index in [1.165, 1.54) is 13.3 Å². The highest BCUT2D eigenvalue weighted by atomic mass is 16.5. The van der Waals surface area contributed by atoms with Gasteiger partial charge in [-0.25, -0.2) is 0 Å². The van der Waals surface area contributed by atoms with E-state index in [4.69, 9.17) is 4.74 Å². The molecule has 0 saturated carbocycles. The molecule has 0 N–H and O–H groups in total. The van der Waals surface area contributed by atoms with Crippen molar-refractivity contribution in [2.75, 3.05) is 0 Å². The van der Waals surface area contributed by atoms with Gasteiger partial charge in [0.05, 0.1) is 5.57 Å². The molecular formula is C18H18N4O2. The smallest absolute Gasteiger partial charge is 0.308 e. The lowest BCUT2D eigenvalue weighted by atomic mass is 10.1. The Kier molecular flexibility index (Phi) is 4.71. The molecule has 0 aliphatic carbocycles. The lowest BCUT2D eigenvalue weighted by Crippen LogP contribution is -2.05. The molecule has 1 aliphatic rings. The van der Waals surface area contributed by atoms with Crippen molar-refractivity contribution in [3.8, 4) is 11.8 Å². The van der Waals surface area contributed by atoms with Gasteiger partial charge in [0.1, 0.15) is 17.6 Å². The third-order valence-electron chi connectivity index (χ3n) is 3.92. The molecule has 0 radical (unpaired) electrons. The van der Waals surface area contributed by atoms with Gasteiger partial charge < -0.3 is 9.30 Å². The van der Waals surface area contributed by atoms with E-state index in [9.17, 15) is 10.1 Å². The number of allylic oxidation sites excluding steroid dienone is 1. The summed E-state index contributed by atoms with van der Waals surface area (Å²) in [5, 5.41) is 18.0. The number of aryl methyl sites for hydroxylation is 1. The highest BCUT2D eigenvalue weighted by Gasteiger charge is 2.17. The Bertz CT molecular complexity index is 813. The quantitative estimate of drug-likeness (QED) is 0.493. The van der Waals surface area contributed by atoms with E-state index in [-0.39, 0.29) is 5.97 Å². The summed E-state index contributed by atoms with van der Waals surface area (Å²) in [4.78, 5) is 10.9. The van der Waals surface area contributed by atoms with Crippen LogP contribution in [0.2, 0.25) is 0 Å². The Hall–Kier alpha value is -2.94. The summed E-state index contributed by atoms with van der Waals surface area (Å²) < 4.78 is 7.06. The Morgan fingerprint density at radius 3 is 2.75 bits per heavy atom. The lowest BCUT2D eigenvalue weighted by molar-refractivity contribution is -0.131. The van der Waals surface area contributed by atoms with Gasteiger partial charge in [0.25, 0.3) is 0 Å². The Morgan fingerprint density at radius 2 is 2.04 bits per heavy atom. The summed E-state index contributed by atoms with van der Waals surface area (Å²) in [5.74, 6) is 1.70. The number of fused-ring (bicyclic) bond motifs is 1. The van der Waals surface area contributed by atoms with Gasteiger partial charge in [-0.15, -0.1) is 10.2 Å². The van der Waals surface area contributed by atoms with Gasteiger partial charge >= 0.3 is 5.97 Å². The molecule has 24 heavy (non-hydrogen) atoms. The van der Waals surface area contributed by atoms with Gasteiger partial charge in [-0.05, 0) is 36.6 Å². The maximum absolute atomic E-state index is 10.9. The van der Waals surface area contributed by atoms with Crippen molar-refractivity contribution < 1.29 is 9.53 Å². The Labute approximate surface area is 140 Å². The molecule has 0 fully saturated rings. The minimum atomic E-state index is -0.359. The number of carbonyl (C=O) groups is 1. The molecule has 0 unspecified atom stereocenters. The summed E-state index contributed by atoms with van der Waals surface area (Å²) in [6.07, 6.45) is 6.05. The first kappa shape index (κ1) is 15.9. The topological polar surface area (TPSA) is 80.8 Å². The molecule has 3 rings (SSSR count). The molecule has 1 aliphatic heterocycles. The first-order chi connectivity index (χ1) is 11.7. The van der Waals surface area contributed by atoms with Crippen molar-refractivity contribution in [1.82, 2.24) is 14.8 Å². The molecule has 0 spiro atoms. The predicted molar refractivity (Wildman–Crippen MR) is 88.8 cm³/mol. The normalized spacial score (nSPS) is 14.4. The van der Waals surface area contributed by atoms with Crippen LogP contribution in [0.3, 0.4) is 0 Å². The van der Waals surface area contributed by atoms with Crippen molar-refractivity contribution in [2.45, 2.75) is 39.2 Å². The van der Waals surface area contributed by atoms with E-state index < -0.39 is 0 Å². The zero-order valence-corrected chi connectivity index (χ0v) is 13.5. The van der Waals surface area contributed by atoms with E-state index in [1.807, 2.05) is 0 Å². The van der Waals surface area contributed by atoms with Crippen LogP contribution in [-0.2, 0) is 17.8 Å². The summed E-state index contributed by atoms with van der Waals surface area (Å²) in [5.41, 5.74) is 1.32. The standard InChI is InChI=1S/C18H18N4O2/c1-13(23)24-16-8-6-14(7-9-16)11-15(12-19)18-21-20-17-5-3-2-4-10-22(17)18/h6-9,11H,2-5,10H2,1H3/b15-11+. The molecule has 122 valence electrons. The summed E-state index contributed by atoms with van der Waals surface area (Å²) in [7, 11) is 0. The van der Waals surface area contributed by atoms with Crippen LogP contribution < -0.4 is 4.74 Å². The van der Waals surface area contributed by atoms with E-state index in [0.717, 1.165) is 37.2 Å². The molecular weight excluding hydrogens is 304 g/mol. The molecule has 0 bridgehead atoms. The fraction of sp³-hybridized carbons (Fsp3) is 0.333. The highest BCUT2D eigenvalue weighted by molar-refractivity contribution is 5.87. The third kappa shape index (κ3) is 3.51. The van der Waals surface area contributed by atoms with E-state index in [2.05, 4.69) is 20.8 Å². The fourth-order valence-corrected chi connectivity index (χ4v) is 2.80. The average Bonchev–Trinajstić information content (AvgIpc) is 2.82. The van der Waals surface area contributed by atoms with Crippen LogP contribution in [-0.4, -0.2) is 20.7 Å². The minimum absolute atomic E-state index is 0.359. The number of esters is 1. The van der Waals surface area contributed by atoms with Crippen LogP contribution in [0.15, 0.2) is 24.3 Å². The second-order valence-corrected chi connectivity index (χ2v) is 5.73. The third-order valence-corrected chi connectivity index (χ3v) is 3.92. The minimum Gasteiger partial charge on any atom is -0.427 e. The Balaban J connectivity index is 1.89. The summed E-state index contributed by atoms with van der Waals surface area (Å²) in [6.45, 7) is 2.21. The number of nitriles is 1. The van der Waals surface area contributed by atoms with Gasteiger partial charge in [0.15, 0.2) is 5.82 Å². The number of nitrogens with zero attached hydrogens (tertiary/aromatic N) is 4. The average molecular weight is 322 g/mol. The van der Waals surface area contributed by atoms with Crippen LogP contribution in [0.5, 0.6) is 5.75 Å². The SMILES string of the molecule is CC(=O)Oc1ccc(/C=C(\C#N)c2nnc3n2CCCCC3)cc1. The predicted octanol–water partition coefficient (Wildman–Crippen LogP) is 2.99. The zero-order chi connectivity index (χ0) is 16.9. The largest absolute Gasteiger partial charge is 0.427 e. The van der Waals surface area contributed by atoms with Gasteiger partial charge in [-0.1, -0.05) is 18.6 Å².